The van der Waals surface area contributed by atoms with Crippen LogP contribution in [0.1, 0.15) is 20.8 Å². The first-order valence-electron chi connectivity index (χ1n) is 4.69. The molecule has 0 bridgehead atoms. The van der Waals surface area contributed by atoms with Crippen molar-refractivity contribution in [3.63, 3.8) is 0 Å². The van der Waals surface area contributed by atoms with Crippen molar-refractivity contribution >= 4 is 0 Å². The summed E-state index contributed by atoms with van der Waals surface area (Å²) in [5.41, 5.74) is 2.99. The van der Waals surface area contributed by atoms with Gasteiger partial charge < -0.3 is 4.90 Å². The molecular formula is C12H19N. The highest BCUT2D eigenvalue weighted by Gasteiger charge is 2.20. The summed E-state index contributed by atoms with van der Waals surface area (Å²) in [5.74, 6) is 0. The summed E-state index contributed by atoms with van der Waals surface area (Å²) in [7, 11) is 4.11. The van der Waals surface area contributed by atoms with Gasteiger partial charge in [0.25, 0.3) is 0 Å². The van der Waals surface area contributed by atoms with E-state index in [2.05, 4.69) is 64.2 Å². The first-order valence-corrected chi connectivity index (χ1v) is 4.69. The Hall–Kier alpha value is -0.980. The molecule has 1 heteroatoms. The third kappa shape index (κ3) is 2.48. The van der Waals surface area contributed by atoms with Crippen molar-refractivity contribution in [1.82, 2.24) is 4.90 Å². The van der Waals surface area contributed by atoms with E-state index in [9.17, 15) is 0 Å². The predicted octanol–water partition coefficient (Wildman–Crippen LogP) is 2.97. The molecular weight excluding hydrogens is 158 g/mol. The molecule has 1 aliphatic rings. The molecule has 0 fully saturated rings. The van der Waals surface area contributed by atoms with Gasteiger partial charge in [0.2, 0.25) is 0 Å². The molecule has 1 aliphatic carbocycles. The first kappa shape index (κ1) is 10.1. The van der Waals surface area contributed by atoms with Crippen LogP contribution in [0.4, 0.5) is 0 Å². The zero-order valence-corrected chi connectivity index (χ0v) is 9.26. The van der Waals surface area contributed by atoms with Gasteiger partial charge in [-0.15, -0.1) is 0 Å². The minimum Gasteiger partial charge on any atom is -0.383 e. The third-order valence-electron chi connectivity index (χ3n) is 2.05. The minimum atomic E-state index is 0.241. The molecule has 0 amide bonds. The van der Waals surface area contributed by atoms with Crippen LogP contribution >= 0.6 is 0 Å². The molecule has 0 unspecified atom stereocenters. The summed E-state index contributed by atoms with van der Waals surface area (Å²) < 4.78 is 0. The summed E-state index contributed by atoms with van der Waals surface area (Å²) in [5, 5.41) is 0. The monoisotopic (exact) mass is 177 g/mol. The Kier molecular flexibility index (Phi) is 2.65. The van der Waals surface area contributed by atoms with Crippen molar-refractivity contribution in [3.05, 3.63) is 35.6 Å². The quantitative estimate of drug-likeness (QED) is 0.595. The lowest BCUT2D eigenvalue weighted by atomic mass is 9.84. The van der Waals surface area contributed by atoms with Gasteiger partial charge in [-0.2, -0.15) is 0 Å². The fourth-order valence-corrected chi connectivity index (χ4v) is 1.51. The summed E-state index contributed by atoms with van der Waals surface area (Å²) >= 11 is 0. The van der Waals surface area contributed by atoms with Crippen LogP contribution in [0.15, 0.2) is 35.6 Å². The fourth-order valence-electron chi connectivity index (χ4n) is 1.51. The molecule has 1 nitrogen and oxygen atoms in total. The van der Waals surface area contributed by atoms with Crippen molar-refractivity contribution in [2.75, 3.05) is 14.1 Å². The maximum Gasteiger partial charge on any atom is 0.00616 e. The highest BCUT2D eigenvalue weighted by atomic mass is 15.0. The highest BCUT2D eigenvalue weighted by molar-refractivity contribution is 5.50. The second kappa shape index (κ2) is 3.41. The van der Waals surface area contributed by atoms with Gasteiger partial charge in [-0.25, -0.2) is 0 Å². The number of nitrogens with zero attached hydrogens (tertiary/aromatic N) is 1. The smallest absolute Gasteiger partial charge is 0.00616 e. The van der Waals surface area contributed by atoms with Crippen LogP contribution in [0.2, 0.25) is 0 Å². The van der Waals surface area contributed by atoms with Crippen LogP contribution < -0.4 is 0 Å². The molecule has 0 saturated carbocycles. The van der Waals surface area contributed by atoms with Crippen molar-refractivity contribution in [2.45, 2.75) is 20.8 Å². The fraction of sp³-hybridized carbons (Fsp3) is 0.500. The molecule has 0 aromatic rings. The maximum absolute atomic E-state index is 2.25. The first-order chi connectivity index (χ1) is 5.91. The second-order valence-corrected chi connectivity index (χ2v) is 4.74. The van der Waals surface area contributed by atoms with Crippen LogP contribution in [0.25, 0.3) is 0 Å². The minimum absolute atomic E-state index is 0.241. The lowest BCUT2D eigenvalue weighted by molar-refractivity contribution is 0.506. The van der Waals surface area contributed by atoms with Gasteiger partial charge >= 0.3 is 0 Å². The average Bonchev–Trinajstić information content (AvgIpc) is 2.31. The third-order valence-corrected chi connectivity index (χ3v) is 2.05. The summed E-state index contributed by atoms with van der Waals surface area (Å²) in [6.07, 6.45) is 8.66. The van der Waals surface area contributed by atoms with Crippen LogP contribution in [-0.2, 0) is 0 Å². The van der Waals surface area contributed by atoms with Gasteiger partial charge in [0.05, 0.1) is 0 Å². The van der Waals surface area contributed by atoms with E-state index in [4.69, 9.17) is 0 Å². The van der Waals surface area contributed by atoms with Crippen molar-refractivity contribution < 1.29 is 0 Å². The molecule has 0 spiro atoms. The lowest BCUT2D eigenvalue weighted by Gasteiger charge is -2.22. The van der Waals surface area contributed by atoms with E-state index >= 15 is 0 Å². The van der Waals surface area contributed by atoms with E-state index in [0.717, 1.165) is 0 Å². The average molecular weight is 177 g/mol. The van der Waals surface area contributed by atoms with E-state index in [0.29, 0.717) is 0 Å². The van der Waals surface area contributed by atoms with Gasteiger partial charge in [-0.05, 0) is 16.6 Å². The molecule has 0 aromatic carbocycles. The van der Waals surface area contributed by atoms with Gasteiger partial charge in [0, 0.05) is 20.3 Å². The standard InChI is InChI=1S/C12H19N/c1-12(2,3)11-8-6-7-10(11)9-13(4)5/h6-9H,1-5H3. The van der Waals surface area contributed by atoms with Crippen LogP contribution in [0, 0.1) is 5.41 Å². The normalized spacial score (nSPS) is 19.5. The van der Waals surface area contributed by atoms with E-state index in [1.165, 1.54) is 11.1 Å². The van der Waals surface area contributed by atoms with Gasteiger partial charge in [0.15, 0.2) is 0 Å². The molecule has 72 valence electrons. The Bertz CT molecular complexity index is 272. The zero-order valence-electron chi connectivity index (χ0n) is 9.26. The Morgan fingerprint density at radius 2 is 1.85 bits per heavy atom. The van der Waals surface area contributed by atoms with Gasteiger partial charge in [-0.1, -0.05) is 39.0 Å². The van der Waals surface area contributed by atoms with Crippen LogP contribution in [0.3, 0.4) is 0 Å². The summed E-state index contributed by atoms with van der Waals surface area (Å²) in [6, 6.07) is 0. The highest BCUT2D eigenvalue weighted by Crippen LogP contribution is 2.34. The SMILES string of the molecule is CN(C)C=C1C=CC=C1C(C)(C)C. The zero-order chi connectivity index (χ0) is 10.1. The Morgan fingerprint density at radius 3 is 2.31 bits per heavy atom. The Labute approximate surface area is 81.4 Å². The van der Waals surface area contributed by atoms with E-state index in [-0.39, 0.29) is 5.41 Å². The van der Waals surface area contributed by atoms with Crippen molar-refractivity contribution in [3.8, 4) is 0 Å². The summed E-state index contributed by atoms with van der Waals surface area (Å²) in [6.45, 7) is 6.74. The van der Waals surface area contributed by atoms with E-state index in [1.807, 2.05) is 0 Å². The molecule has 0 N–H and O–H groups in total. The lowest BCUT2D eigenvalue weighted by Crippen LogP contribution is -2.11. The van der Waals surface area contributed by atoms with E-state index < -0.39 is 0 Å². The van der Waals surface area contributed by atoms with Gasteiger partial charge in [-0.3, -0.25) is 0 Å². The number of hydrogen-bond acceptors (Lipinski definition) is 1. The topological polar surface area (TPSA) is 3.24 Å². The molecule has 0 atom stereocenters. The molecule has 1 rings (SSSR count). The van der Waals surface area contributed by atoms with Crippen LogP contribution in [0.5, 0.6) is 0 Å². The van der Waals surface area contributed by atoms with Crippen molar-refractivity contribution in [1.29, 1.82) is 0 Å². The molecule has 0 saturated heterocycles. The number of rotatable bonds is 1. The molecule has 0 radical (unpaired) electrons. The summed E-state index contributed by atoms with van der Waals surface area (Å²) in [4.78, 5) is 2.09. The second-order valence-electron chi connectivity index (χ2n) is 4.74. The number of allylic oxidation sites excluding steroid dienone is 5. The Balaban J connectivity index is 2.92. The largest absolute Gasteiger partial charge is 0.383 e. The Morgan fingerprint density at radius 1 is 1.23 bits per heavy atom. The molecule has 0 aromatic heterocycles. The van der Waals surface area contributed by atoms with E-state index in [1.54, 1.807) is 0 Å². The van der Waals surface area contributed by atoms with Crippen LogP contribution in [-0.4, -0.2) is 19.0 Å². The van der Waals surface area contributed by atoms with Crippen molar-refractivity contribution in [2.24, 2.45) is 5.41 Å². The maximum atomic E-state index is 2.25. The molecule has 13 heavy (non-hydrogen) atoms. The molecule has 0 aliphatic heterocycles. The van der Waals surface area contributed by atoms with Gasteiger partial charge in [0.1, 0.15) is 0 Å². The number of hydrogen-bond donors (Lipinski definition) is 0. The predicted molar refractivity (Wildman–Crippen MR) is 58.4 cm³/mol. The molecule has 0 heterocycles.